The maximum Gasteiger partial charge on any atom is 0.356 e. The zero-order valence-electron chi connectivity index (χ0n) is 11.2. The van der Waals surface area contributed by atoms with Crippen molar-refractivity contribution in [2.24, 2.45) is 0 Å². The number of halogens is 1. The van der Waals surface area contributed by atoms with Crippen LogP contribution in [0, 0.1) is 0 Å². The molecule has 3 nitrogen and oxygen atoms in total. The van der Waals surface area contributed by atoms with Crippen LogP contribution in [-0.2, 0) is 4.74 Å². The first-order valence-corrected chi connectivity index (χ1v) is 6.63. The average Bonchev–Trinajstić information content (AvgIpc) is 2.45. The minimum Gasteiger partial charge on any atom is -0.464 e. The molecule has 1 atom stereocenters. The highest BCUT2D eigenvalue weighted by Gasteiger charge is 2.12. The van der Waals surface area contributed by atoms with Gasteiger partial charge in [-0.3, -0.25) is 0 Å². The van der Waals surface area contributed by atoms with E-state index < -0.39 is 5.97 Å². The lowest BCUT2D eigenvalue weighted by molar-refractivity contribution is 0.0594. The summed E-state index contributed by atoms with van der Waals surface area (Å²) in [4.78, 5) is 15.8. The molecule has 0 spiro atoms. The molecule has 2 aromatic rings. The quantitative estimate of drug-likeness (QED) is 0.790. The van der Waals surface area contributed by atoms with Gasteiger partial charge in [0.25, 0.3) is 0 Å². The van der Waals surface area contributed by atoms with Crippen LogP contribution in [0.1, 0.15) is 42.2 Å². The third-order valence-corrected chi connectivity index (χ3v) is 3.67. The van der Waals surface area contributed by atoms with E-state index >= 15 is 0 Å². The van der Waals surface area contributed by atoms with E-state index in [2.05, 4.69) is 23.6 Å². The van der Waals surface area contributed by atoms with Gasteiger partial charge in [-0.25, -0.2) is 9.78 Å². The summed E-state index contributed by atoms with van der Waals surface area (Å²) in [5.74, 6) is -0.00412. The zero-order valence-corrected chi connectivity index (χ0v) is 12.0. The van der Waals surface area contributed by atoms with Gasteiger partial charge in [0, 0.05) is 5.39 Å². The van der Waals surface area contributed by atoms with Gasteiger partial charge in [0.1, 0.15) is 0 Å². The third kappa shape index (κ3) is 2.71. The number of rotatable bonds is 3. The lowest BCUT2D eigenvalue weighted by Gasteiger charge is -2.11. The molecular weight excluding hydrogens is 262 g/mol. The molecule has 0 saturated heterocycles. The Morgan fingerprint density at radius 2 is 2.16 bits per heavy atom. The van der Waals surface area contributed by atoms with Gasteiger partial charge < -0.3 is 4.74 Å². The molecule has 0 saturated carbocycles. The van der Waals surface area contributed by atoms with E-state index in [0.29, 0.717) is 16.5 Å². The number of hydrogen-bond acceptors (Lipinski definition) is 3. The summed E-state index contributed by atoms with van der Waals surface area (Å²) < 4.78 is 4.66. The van der Waals surface area contributed by atoms with Gasteiger partial charge in [0.2, 0.25) is 0 Å². The monoisotopic (exact) mass is 277 g/mol. The summed E-state index contributed by atoms with van der Waals surface area (Å²) in [5, 5.41) is 1.39. The van der Waals surface area contributed by atoms with Crippen LogP contribution in [0.2, 0.25) is 5.02 Å². The van der Waals surface area contributed by atoms with Gasteiger partial charge in [0.15, 0.2) is 5.69 Å². The Kier molecular flexibility index (Phi) is 4.05. The molecule has 0 radical (unpaired) electrons. The predicted molar refractivity (Wildman–Crippen MR) is 76.8 cm³/mol. The topological polar surface area (TPSA) is 39.2 Å². The van der Waals surface area contributed by atoms with Crippen LogP contribution >= 0.6 is 11.6 Å². The number of esters is 1. The van der Waals surface area contributed by atoms with Crippen LogP contribution in [0.15, 0.2) is 24.3 Å². The lowest BCUT2D eigenvalue weighted by atomic mass is 9.97. The third-order valence-electron chi connectivity index (χ3n) is 3.36. The van der Waals surface area contributed by atoms with Crippen LogP contribution in [0.3, 0.4) is 0 Å². The van der Waals surface area contributed by atoms with Crippen molar-refractivity contribution in [3.63, 3.8) is 0 Å². The number of hydrogen-bond donors (Lipinski definition) is 0. The molecule has 2 rings (SSSR count). The fourth-order valence-electron chi connectivity index (χ4n) is 1.95. The summed E-state index contributed by atoms with van der Waals surface area (Å²) in [7, 11) is 1.33. The number of pyridine rings is 1. The number of aromatic nitrogens is 1. The van der Waals surface area contributed by atoms with Gasteiger partial charge in [-0.1, -0.05) is 31.5 Å². The molecule has 1 aromatic heterocycles. The van der Waals surface area contributed by atoms with Crippen molar-refractivity contribution in [2.45, 2.75) is 26.2 Å². The molecule has 0 N–H and O–H groups in total. The van der Waals surface area contributed by atoms with Gasteiger partial charge in [0.05, 0.1) is 17.6 Å². The number of methoxy groups -OCH3 is 1. The van der Waals surface area contributed by atoms with Gasteiger partial charge in [-0.2, -0.15) is 0 Å². The number of carbonyl (C=O) groups excluding carboxylic acids is 1. The second-order valence-electron chi connectivity index (χ2n) is 4.57. The van der Waals surface area contributed by atoms with E-state index in [4.69, 9.17) is 11.6 Å². The Labute approximate surface area is 117 Å². The number of carbonyl (C=O) groups is 1. The molecule has 0 aliphatic carbocycles. The van der Waals surface area contributed by atoms with Crippen LogP contribution < -0.4 is 0 Å². The summed E-state index contributed by atoms with van der Waals surface area (Å²) in [5.41, 5.74) is 2.17. The lowest BCUT2D eigenvalue weighted by Crippen LogP contribution is -2.04. The summed E-state index contributed by atoms with van der Waals surface area (Å²) >= 11 is 6.24. The van der Waals surface area contributed by atoms with E-state index in [1.54, 1.807) is 6.07 Å². The molecule has 4 heteroatoms. The SMILES string of the molecule is CCC(C)c1ccc2nc(C(=O)OC)cc(Cl)c2c1. The van der Waals surface area contributed by atoms with E-state index in [1.807, 2.05) is 18.2 Å². The Bertz CT molecular complexity index is 625. The van der Waals surface area contributed by atoms with Crippen molar-refractivity contribution < 1.29 is 9.53 Å². The van der Waals surface area contributed by atoms with Crippen molar-refractivity contribution in [2.75, 3.05) is 7.11 Å². The molecule has 0 fully saturated rings. The summed E-state index contributed by atoms with van der Waals surface area (Å²) in [6.45, 7) is 4.32. The minimum atomic E-state index is -0.477. The fourth-order valence-corrected chi connectivity index (χ4v) is 2.21. The first kappa shape index (κ1) is 13.8. The molecule has 0 aliphatic rings. The fraction of sp³-hybridized carbons (Fsp3) is 0.333. The molecule has 1 heterocycles. The summed E-state index contributed by atoms with van der Waals surface area (Å²) in [6.07, 6.45) is 1.07. The van der Waals surface area contributed by atoms with Crippen molar-refractivity contribution in [3.8, 4) is 0 Å². The highest BCUT2D eigenvalue weighted by atomic mass is 35.5. The summed E-state index contributed by atoms with van der Waals surface area (Å²) in [6, 6.07) is 7.52. The molecule has 19 heavy (non-hydrogen) atoms. The molecule has 0 bridgehead atoms. The Morgan fingerprint density at radius 1 is 1.42 bits per heavy atom. The molecule has 0 amide bonds. The largest absolute Gasteiger partial charge is 0.464 e. The van der Waals surface area contributed by atoms with Crippen LogP contribution in [0.4, 0.5) is 0 Å². The van der Waals surface area contributed by atoms with Crippen LogP contribution in [-0.4, -0.2) is 18.1 Å². The standard InChI is InChI=1S/C15H16ClNO2/c1-4-9(2)10-5-6-13-11(7-10)12(16)8-14(17-13)15(18)19-3/h5-9H,4H2,1-3H3. The van der Waals surface area contributed by atoms with Crippen molar-refractivity contribution >= 4 is 28.5 Å². The van der Waals surface area contributed by atoms with Crippen molar-refractivity contribution in [3.05, 3.63) is 40.5 Å². The van der Waals surface area contributed by atoms with Gasteiger partial charge in [-0.05, 0) is 36.1 Å². The van der Waals surface area contributed by atoms with E-state index in [0.717, 1.165) is 11.8 Å². The van der Waals surface area contributed by atoms with E-state index in [-0.39, 0.29) is 5.69 Å². The highest BCUT2D eigenvalue weighted by molar-refractivity contribution is 6.35. The first-order valence-electron chi connectivity index (χ1n) is 6.25. The molecule has 1 aromatic carbocycles. The molecular formula is C15H16ClNO2. The number of fused-ring (bicyclic) bond motifs is 1. The smallest absolute Gasteiger partial charge is 0.356 e. The van der Waals surface area contributed by atoms with Crippen molar-refractivity contribution in [1.29, 1.82) is 0 Å². The van der Waals surface area contributed by atoms with Gasteiger partial charge >= 0.3 is 5.97 Å². The molecule has 0 aliphatic heterocycles. The number of nitrogens with zero attached hydrogens (tertiary/aromatic N) is 1. The second-order valence-corrected chi connectivity index (χ2v) is 4.97. The van der Waals surface area contributed by atoms with E-state index in [9.17, 15) is 4.79 Å². The van der Waals surface area contributed by atoms with E-state index in [1.165, 1.54) is 12.7 Å². The first-order chi connectivity index (χ1) is 9.06. The Morgan fingerprint density at radius 3 is 2.79 bits per heavy atom. The maximum absolute atomic E-state index is 11.5. The van der Waals surface area contributed by atoms with Crippen LogP contribution in [0.25, 0.3) is 10.9 Å². The molecule has 1 unspecified atom stereocenters. The number of ether oxygens (including phenoxy) is 1. The zero-order chi connectivity index (χ0) is 14.0. The average molecular weight is 278 g/mol. The highest BCUT2D eigenvalue weighted by Crippen LogP contribution is 2.28. The number of benzene rings is 1. The van der Waals surface area contributed by atoms with Gasteiger partial charge in [-0.15, -0.1) is 0 Å². The Hall–Kier alpha value is -1.61. The van der Waals surface area contributed by atoms with Crippen LogP contribution in [0.5, 0.6) is 0 Å². The normalized spacial score (nSPS) is 12.4. The predicted octanol–water partition coefficient (Wildman–Crippen LogP) is 4.19. The Balaban J connectivity index is 2.57. The second kappa shape index (κ2) is 5.57. The molecule has 100 valence electrons. The van der Waals surface area contributed by atoms with Crippen molar-refractivity contribution in [1.82, 2.24) is 4.98 Å². The minimum absolute atomic E-state index is 0.233. The maximum atomic E-state index is 11.5.